The lowest BCUT2D eigenvalue weighted by Crippen LogP contribution is -2.37. The Kier molecular flexibility index (Phi) is 8.13. The van der Waals surface area contributed by atoms with Crippen LogP contribution in [0.4, 0.5) is 0 Å². The van der Waals surface area contributed by atoms with Crippen LogP contribution in [0.2, 0.25) is 0 Å². The first-order valence-electron chi connectivity index (χ1n) is 5.83. The predicted octanol–water partition coefficient (Wildman–Crippen LogP) is 0.314. The summed E-state index contributed by atoms with van der Waals surface area (Å²) in [6.07, 6.45) is 1.27. The van der Waals surface area contributed by atoms with Gasteiger partial charge >= 0.3 is 5.97 Å². The van der Waals surface area contributed by atoms with E-state index in [2.05, 4.69) is 20.4 Å². The monoisotopic (exact) mass is 295 g/mol. The molecule has 8 heteroatoms. The molecular formula is C11H22NO6P. The van der Waals surface area contributed by atoms with Crippen LogP contribution in [0, 0.1) is 0 Å². The molecule has 112 valence electrons. The molecule has 0 spiro atoms. The number of rotatable bonds is 10. The zero-order valence-corrected chi connectivity index (χ0v) is 12.6. The van der Waals surface area contributed by atoms with E-state index in [4.69, 9.17) is 0 Å². The summed E-state index contributed by atoms with van der Waals surface area (Å²) < 4.78 is 25.8. The van der Waals surface area contributed by atoms with E-state index in [-0.39, 0.29) is 26.2 Å². The molecule has 0 aliphatic rings. The molecule has 0 aromatic carbocycles. The first kappa shape index (κ1) is 18.3. The molecule has 0 N–H and O–H groups in total. The molecular weight excluding hydrogens is 273 g/mol. The number of phosphoric acid groups is 1. The molecule has 19 heavy (non-hydrogen) atoms. The van der Waals surface area contributed by atoms with E-state index in [1.165, 1.54) is 6.08 Å². The Balaban J connectivity index is 3.81. The van der Waals surface area contributed by atoms with Crippen LogP contribution in [-0.4, -0.2) is 58.0 Å². The van der Waals surface area contributed by atoms with Gasteiger partial charge < -0.3 is 23.2 Å². The molecule has 0 bridgehead atoms. The fourth-order valence-corrected chi connectivity index (χ4v) is 1.62. The van der Waals surface area contributed by atoms with Gasteiger partial charge in [0, 0.05) is 0 Å². The van der Waals surface area contributed by atoms with Crippen LogP contribution in [0.25, 0.3) is 0 Å². The number of nitrogens with zero attached hydrogens (tertiary/aromatic N) is 1. The van der Waals surface area contributed by atoms with E-state index in [1.54, 1.807) is 0 Å². The van der Waals surface area contributed by atoms with Crippen molar-refractivity contribution in [1.82, 2.24) is 0 Å². The highest BCUT2D eigenvalue weighted by Gasteiger charge is 2.14. The average molecular weight is 295 g/mol. The Morgan fingerprint density at radius 2 is 1.89 bits per heavy atom. The van der Waals surface area contributed by atoms with Crippen LogP contribution >= 0.6 is 7.82 Å². The zero-order valence-electron chi connectivity index (χ0n) is 11.7. The molecule has 1 unspecified atom stereocenters. The van der Waals surface area contributed by atoms with Gasteiger partial charge in [-0.1, -0.05) is 12.7 Å². The van der Waals surface area contributed by atoms with Gasteiger partial charge in [0.1, 0.15) is 19.8 Å². The molecule has 0 aromatic rings. The van der Waals surface area contributed by atoms with Crippen LogP contribution in [0.5, 0.6) is 0 Å². The maximum absolute atomic E-state index is 11.3. The Bertz CT molecular complexity index is 339. The van der Waals surface area contributed by atoms with E-state index in [0.717, 1.165) is 0 Å². The number of quaternary nitrogens is 1. The number of ether oxygens (including phenoxy) is 1. The van der Waals surface area contributed by atoms with Crippen LogP contribution in [0.15, 0.2) is 12.7 Å². The van der Waals surface area contributed by atoms with Gasteiger partial charge in [-0.3, -0.25) is 9.36 Å². The number of esters is 1. The number of phosphoric ester groups is 1. The van der Waals surface area contributed by atoms with Crippen molar-refractivity contribution in [3.8, 4) is 0 Å². The topological polar surface area (TPSA) is 84.9 Å². The maximum atomic E-state index is 11.3. The van der Waals surface area contributed by atoms with Crippen LogP contribution in [0.1, 0.15) is 6.42 Å². The SMILES string of the molecule is C=CCOC(=O)CCOP(=O)([O-])OCC[N+](C)(C)C. The number of carbonyl (C=O) groups excluding carboxylic acids is 1. The van der Waals surface area contributed by atoms with Crippen molar-refractivity contribution >= 4 is 13.8 Å². The molecule has 0 amide bonds. The minimum Gasteiger partial charge on any atom is -0.756 e. The fraction of sp³-hybridized carbons (Fsp3) is 0.727. The van der Waals surface area contributed by atoms with Gasteiger partial charge in [0.05, 0.1) is 34.2 Å². The highest BCUT2D eigenvalue weighted by molar-refractivity contribution is 7.45. The van der Waals surface area contributed by atoms with Gasteiger partial charge in [-0.05, 0) is 0 Å². The van der Waals surface area contributed by atoms with Crippen molar-refractivity contribution in [2.45, 2.75) is 6.42 Å². The number of carbonyl (C=O) groups is 1. The van der Waals surface area contributed by atoms with Crippen LogP contribution < -0.4 is 4.89 Å². The third-order valence-corrected chi connectivity index (χ3v) is 2.93. The van der Waals surface area contributed by atoms with Crippen molar-refractivity contribution < 1.29 is 32.5 Å². The number of likely N-dealkylation sites (N-methyl/N-ethyl adjacent to an activating group) is 1. The molecule has 0 fully saturated rings. The van der Waals surface area contributed by atoms with E-state index >= 15 is 0 Å². The molecule has 0 saturated heterocycles. The van der Waals surface area contributed by atoms with Crippen LogP contribution in [-0.2, 0) is 23.1 Å². The smallest absolute Gasteiger partial charge is 0.308 e. The summed E-state index contributed by atoms with van der Waals surface area (Å²) in [5, 5.41) is 0. The molecule has 7 nitrogen and oxygen atoms in total. The Morgan fingerprint density at radius 3 is 2.42 bits per heavy atom. The first-order valence-corrected chi connectivity index (χ1v) is 7.29. The quantitative estimate of drug-likeness (QED) is 0.250. The predicted molar refractivity (Wildman–Crippen MR) is 68.2 cm³/mol. The largest absolute Gasteiger partial charge is 0.756 e. The third kappa shape index (κ3) is 12.1. The summed E-state index contributed by atoms with van der Waals surface area (Å²) in [6.45, 7) is 3.74. The molecule has 0 aliphatic carbocycles. The second kappa shape index (κ2) is 8.45. The minimum atomic E-state index is -4.35. The molecule has 0 rings (SSSR count). The minimum absolute atomic E-state index is 0.0329. The summed E-state index contributed by atoms with van der Waals surface area (Å²) in [5.41, 5.74) is 0. The highest BCUT2D eigenvalue weighted by Crippen LogP contribution is 2.38. The molecule has 0 heterocycles. The van der Waals surface area contributed by atoms with Crippen LogP contribution in [0.3, 0.4) is 0 Å². The van der Waals surface area contributed by atoms with Crippen molar-refractivity contribution in [3.63, 3.8) is 0 Å². The second-order valence-corrected chi connectivity index (χ2v) is 6.26. The lowest BCUT2D eigenvalue weighted by atomic mass is 10.5. The number of hydrogen-bond acceptors (Lipinski definition) is 6. The highest BCUT2D eigenvalue weighted by atomic mass is 31.2. The lowest BCUT2D eigenvalue weighted by molar-refractivity contribution is -0.870. The van der Waals surface area contributed by atoms with Gasteiger partial charge in [-0.25, -0.2) is 0 Å². The normalized spacial score (nSPS) is 14.7. The Morgan fingerprint density at radius 1 is 1.32 bits per heavy atom. The number of hydrogen-bond donors (Lipinski definition) is 0. The van der Waals surface area contributed by atoms with Crippen molar-refractivity contribution in [2.75, 3.05) is 47.5 Å². The molecule has 0 aliphatic heterocycles. The van der Waals surface area contributed by atoms with Gasteiger partial charge in [-0.2, -0.15) is 0 Å². The van der Waals surface area contributed by atoms with Gasteiger partial charge in [-0.15, -0.1) is 0 Å². The first-order chi connectivity index (χ1) is 8.66. The Labute approximate surface area is 114 Å². The zero-order chi connectivity index (χ0) is 14.9. The third-order valence-electron chi connectivity index (χ3n) is 1.93. The fourth-order valence-electron chi connectivity index (χ4n) is 0.929. The van der Waals surface area contributed by atoms with Gasteiger partial charge in [0.15, 0.2) is 0 Å². The molecule has 0 saturated carbocycles. The summed E-state index contributed by atoms with van der Waals surface area (Å²) in [4.78, 5) is 22.4. The molecule has 0 aromatic heterocycles. The summed E-state index contributed by atoms with van der Waals surface area (Å²) in [7, 11) is 1.39. The molecule has 0 radical (unpaired) electrons. The standard InChI is InChI=1S/C11H22NO6P/c1-5-8-16-11(13)6-9-17-19(14,15)18-10-7-12(2,3)4/h5H,1,6-10H2,2-4H3. The lowest BCUT2D eigenvalue weighted by Gasteiger charge is -2.27. The van der Waals surface area contributed by atoms with Crippen molar-refractivity contribution in [2.24, 2.45) is 0 Å². The van der Waals surface area contributed by atoms with E-state index in [1.807, 2.05) is 21.1 Å². The Hall–Kier alpha value is -0.720. The van der Waals surface area contributed by atoms with Gasteiger partial charge in [0.2, 0.25) is 0 Å². The maximum Gasteiger partial charge on any atom is 0.308 e. The average Bonchev–Trinajstić information content (AvgIpc) is 2.23. The summed E-state index contributed by atoms with van der Waals surface area (Å²) in [6, 6.07) is 0. The van der Waals surface area contributed by atoms with Crippen molar-refractivity contribution in [1.29, 1.82) is 0 Å². The van der Waals surface area contributed by atoms with Crippen molar-refractivity contribution in [3.05, 3.63) is 12.7 Å². The summed E-state index contributed by atoms with van der Waals surface area (Å²) >= 11 is 0. The summed E-state index contributed by atoms with van der Waals surface area (Å²) in [5.74, 6) is -0.550. The van der Waals surface area contributed by atoms with E-state index in [9.17, 15) is 14.3 Å². The second-order valence-electron chi connectivity index (χ2n) is 4.85. The molecule has 1 atom stereocenters. The van der Waals surface area contributed by atoms with E-state index in [0.29, 0.717) is 11.0 Å². The van der Waals surface area contributed by atoms with E-state index < -0.39 is 13.8 Å². The van der Waals surface area contributed by atoms with Gasteiger partial charge in [0.25, 0.3) is 7.82 Å².